The number of hydrogen-bond donors (Lipinski definition) is 1. The van der Waals surface area contributed by atoms with E-state index in [0.29, 0.717) is 11.8 Å². The van der Waals surface area contributed by atoms with Crippen LogP contribution in [0.25, 0.3) is 0 Å². The fraction of sp³-hybridized carbons (Fsp3) is 0.667. The van der Waals surface area contributed by atoms with E-state index in [9.17, 15) is 0 Å². The number of piperidine rings is 1. The third kappa shape index (κ3) is 4.38. The molecule has 1 N–H and O–H groups in total. The molecule has 5 nitrogen and oxygen atoms in total. The Balaban J connectivity index is 1.58. The maximum atomic E-state index is 5.84. The van der Waals surface area contributed by atoms with Crippen molar-refractivity contribution in [3.63, 3.8) is 0 Å². The van der Waals surface area contributed by atoms with Gasteiger partial charge in [0.2, 0.25) is 0 Å². The fourth-order valence-corrected chi connectivity index (χ4v) is 4.30. The van der Waals surface area contributed by atoms with E-state index in [1.165, 1.54) is 5.56 Å². The van der Waals surface area contributed by atoms with Crippen molar-refractivity contribution in [2.24, 2.45) is 10.9 Å². The van der Waals surface area contributed by atoms with Gasteiger partial charge in [-0.05, 0) is 23.8 Å². The third-order valence-corrected chi connectivity index (χ3v) is 6.05. The van der Waals surface area contributed by atoms with Crippen LogP contribution in [0.2, 0.25) is 0 Å². The number of nitrogens with one attached hydrogen (secondary N) is 1. The van der Waals surface area contributed by atoms with Crippen LogP contribution in [-0.2, 0) is 9.47 Å². The van der Waals surface area contributed by atoms with Gasteiger partial charge in [-0.1, -0.05) is 37.3 Å². The molecule has 5 heteroatoms. The normalized spacial score (nSPS) is 26.6. The van der Waals surface area contributed by atoms with Gasteiger partial charge < -0.3 is 19.7 Å². The van der Waals surface area contributed by atoms with Crippen LogP contribution in [-0.4, -0.2) is 63.5 Å². The predicted octanol–water partition coefficient (Wildman–Crippen LogP) is 2.88. The summed E-state index contributed by atoms with van der Waals surface area (Å²) in [5, 5.41) is 3.57. The molecule has 2 unspecified atom stereocenters. The zero-order valence-corrected chi connectivity index (χ0v) is 16.4. The Labute approximate surface area is 157 Å². The van der Waals surface area contributed by atoms with Crippen molar-refractivity contribution in [3.8, 4) is 0 Å². The van der Waals surface area contributed by atoms with Crippen molar-refractivity contribution in [3.05, 3.63) is 35.9 Å². The van der Waals surface area contributed by atoms with E-state index in [4.69, 9.17) is 9.47 Å². The van der Waals surface area contributed by atoms with Crippen molar-refractivity contribution in [2.45, 2.75) is 37.7 Å². The molecule has 2 atom stereocenters. The Bertz CT molecular complexity index is 584. The first-order valence-electron chi connectivity index (χ1n) is 9.81. The van der Waals surface area contributed by atoms with Crippen LogP contribution in [0.1, 0.15) is 37.7 Å². The van der Waals surface area contributed by atoms with Gasteiger partial charge in [-0.3, -0.25) is 4.99 Å². The van der Waals surface area contributed by atoms with E-state index >= 15 is 0 Å². The van der Waals surface area contributed by atoms with E-state index in [-0.39, 0.29) is 5.60 Å². The van der Waals surface area contributed by atoms with Crippen molar-refractivity contribution < 1.29 is 9.47 Å². The second-order valence-corrected chi connectivity index (χ2v) is 7.63. The van der Waals surface area contributed by atoms with Gasteiger partial charge in [0.25, 0.3) is 0 Å². The first-order chi connectivity index (χ1) is 12.7. The number of nitrogens with zero attached hydrogens (tertiary/aromatic N) is 2. The number of guanidine groups is 1. The van der Waals surface area contributed by atoms with Crippen LogP contribution >= 0.6 is 0 Å². The zero-order chi connectivity index (χ0) is 18.4. The highest BCUT2D eigenvalue weighted by molar-refractivity contribution is 5.80. The van der Waals surface area contributed by atoms with Crippen LogP contribution in [0, 0.1) is 5.92 Å². The lowest BCUT2D eigenvalue weighted by molar-refractivity contribution is -0.0858. The number of likely N-dealkylation sites (tertiary alicyclic amines) is 1. The average molecular weight is 360 g/mol. The topological polar surface area (TPSA) is 46.1 Å². The number of hydrogen-bond acceptors (Lipinski definition) is 3. The number of rotatable bonds is 4. The molecule has 0 radical (unpaired) electrons. The van der Waals surface area contributed by atoms with Gasteiger partial charge in [-0.15, -0.1) is 0 Å². The molecule has 0 bridgehead atoms. The summed E-state index contributed by atoms with van der Waals surface area (Å²) in [5.41, 5.74) is 1.32. The Hall–Kier alpha value is -1.59. The molecule has 1 aromatic rings. The molecule has 2 aliphatic heterocycles. The van der Waals surface area contributed by atoms with Gasteiger partial charge in [-0.2, -0.15) is 0 Å². The number of ether oxygens (including phenoxy) is 2. The Morgan fingerprint density at radius 2 is 2.04 bits per heavy atom. The summed E-state index contributed by atoms with van der Waals surface area (Å²) in [4.78, 5) is 6.93. The van der Waals surface area contributed by atoms with E-state index in [0.717, 1.165) is 58.1 Å². The number of benzene rings is 1. The molecular formula is C21H33N3O2. The molecule has 0 saturated carbocycles. The number of methoxy groups -OCH3 is 1. The Kier molecular flexibility index (Phi) is 6.54. The van der Waals surface area contributed by atoms with Crippen LogP contribution in [0.4, 0.5) is 0 Å². The Morgan fingerprint density at radius 1 is 1.31 bits per heavy atom. The quantitative estimate of drug-likeness (QED) is 0.663. The van der Waals surface area contributed by atoms with E-state index < -0.39 is 0 Å². The van der Waals surface area contributed by atoms with Crippen LogP contribution in [0.15, 0.2) is 35.3 Å². The van der Waals surface area contributed by atoms with Crippen molar-refractivity contribution in [1.82, 2.24) is 10.2 Å². The third-order valence-electron chi connectivity index (χ3n) is 6.05. The van der Waals surface area contributed by atoms with Crippen molar-refractivity contribution in [2.75, 3.05) is 47.0 Å². The molecular weight excluding hydrogens is 326 g/mol. The van der Waals surface area contributed by atoms with Gasteiger partial charge in [0, 0.05) is 59.8 Å². The summed E-state index contributed by atoms with van der Waals surface area (Å²) in [6, 6.07) is 10.9. The standard InChI is InChI=1S/C21H33N3O2/c1-17-15-24(12-9-19(17)18-7-5-4-6-8-18)20(22-2)23-16-21(25-3)10-13-26-14-11-21/h4-8,17,19H,9-16H2,1-3H3,(H,22,23). The maximum absolute atomic E-state index is 5.84. The largest absolute Gasteiger partial charge is 0.381 e. The first kappa shape index (κ1) is 19.2. The van der Waals surface area contributed by atoms with Crippen LogP contribution < -0.4 is 5.32 Å². The molecule has 2 fully saturated rings. The molecule has 3 rings (SSSR count). The summed E-state index contributed by atoms with van der Waals surface area (Å²) < 4.78 is 11.3. The molecule has 2 aliphatic rings. The van der Waals surface area contributed by atoms with E-state index in [1.807, 2.05) is 14.2 Å². The second kappa shape index (κ2) is 8.87. The lowest BCUT2D eigenvalue weighted by Gasteiger charge is -2.41. The molecule has 1 aromatic carbocycles. The molecule has 0 amide bonds. The van der Waals surface area contributed by atoms with Gasteiger partial charge >= 0.3 is 0 Å². The fourth-order valence-electron chi connectivity index (χ4n) is 4.30. The van der Waals surface area contributed by atoms with Gasteiger partial charge in [0.1, 0.15) is 0 Å². The molecule has 144 valence electrons. The summed E-state index contributed by atoms with van der Waals surface area (Å²) in [5.74, 6) is 2.22. The van der Waals surface area contributed by atoms with E-state index in [1.54, 1.807) is 0 Å². The monoisotopic (exact) mass is 359 g/mol. The molecule has 0 spiro atoms. The van der Waals surface area contributed by atoms with Crippen molar-refractivity contribution >= 4 is 5.96 Å². The van der Waals surface area contributed by atoms with Gasteiger partial charge in [-0.25, -0.2) is 0 Å². The van der Waals surface area contributed by atoms with Crippen LogP contribution in [0.3, 0.4) is 0 Å². The van der Waals surface area contributed by atoms with Crippen molar-refractivity contribution in [1.29, 1.82) is 0 Å². The predicted molar refractivity (Wildman–Crippen MR) is 106 cm³/mol. The number of aliphatic imine (C=N–C) groups is 1. The van der Waals surface area contributed by atoms with Gasteiger partial charge in [0.15, 0.2) is 5.96 Å². The smallest absolute Gasteiger partial charge is 0.193 e. The minimum absolute atomic E-state index is 0.137. The first-order valence-corrected chi connectivity index (χ1v) is 9.81. The van der Waals surface area contributed by atoms with E-state index in [2.05, 4.69) is 52.5 Å². The Morgan fingerprint density at radius 3 is 2.65 bits per heavy atom. The lowest BCUT2D eigenvalue weighted by Crippen LogP contribution is -2.53. The molecule has 0 aliphatic carbocycles. The maximum Gasteiger partial charge on any atom is 0.193 e. The summed E-state index contributed by atoms with van der Waals surface area (Å²) in [7, 11) is 3.68. The SMILES string of the molecule is CN=C(NCC1(OC)CCOCC1)N1CCC(c2ccccc2)C(C)C1. The molecule has 0 aromatic heterocycles. The summed E-state index contributed by atoms with van der Waals surface area (Å²) in [6.45, 7) is 6.75. The highest BCUT2D eigenvalue weighted by Gasteiger charge is 2.34. The summed E-state index contributed by atoms with van der Waals surface area (Å²) >= 11 is 0. The molecule has 2 saturated heterocycles. The lowest BCUT2D eigenvalue weighted by atomic mass is 9.82. The second-order valence-electron chi connectivity index (χ2n) is 7.63. The molecule has 2 heterocycles. The molecule has 26 heavy (non-hydrogen) atoms. The highest BCUT2D eigenvalue weighted by Crippen LogP contribution is 2.32. The van der Waals surface area contributed by atoms with Crippen LogP contribution in [0.5, 0.6) is 0 Å². The zero-order valence-electron chi connectivity index (χ0n) is 16.4. The summed E-state index contributed by atoms with van der Waals surface area (Å²) in [6.07, 6.45) is 3.02. The highest BCUT2D eigenvalue weighted by atomic mass is 16.5. The minimum atomic E-state index is -0.137. The van der Waals surface area contributed by atoms with Gasteiger partial charge in [0.05, 0.1) is 5.60 Å². The minimum Gasteiger partial charge on any atom is -0.381 e. The average Bonchev–Trinajstić information content (AvgIpc) is 2.70.